The van der Waals surface area contributed by atoms with Crippen LogP contribution in [0.3, 0.4) is 0 Å². The Balaban J connectivity index is 1.69. The van der Waals surface area contributed by atoms with Gasteiger partial charge in [-0.15, -0.1) is 0 Å². The number of benzene rings is 2. The average molecular weight is 569 g/mol. The second kappa shape index (κ2) is 12.3. The highest BCUT2D eigenvalue weighted by atomic mass is 35.5. The van der Waals surface area contributed by atoms with Crippen LogP contribution < -0.4 is 10.0 Å². The molecule has 1 aliphatic rings. The van der Waals surface area contributed by atoms with Gasteiger partial charge in [-0.2, -0.15) is 0 Å². The van der Waals surface area contributed by atoms with Gasteiger partial charge in [0.1, 0.15) is 6.04 Å². The first-order valence-electron chi connectivity index (χ1n) is 12.1. The summed E-state index contributed by atoms with van der Waals surface area (Å²) in [5.74, 6) is -1.78. The number of halogens is 2. The van der Waals surface area contributed by atoms with Crippen LogP contribution in [-0.4, -0.2) is 55.9 Å². The van der Waals surface area contributed by atoms with Gasteiger partial charge < -0.3 is 10.2 Å². The Labute approximate surface area is 227 Å². The molecule has 0 radical (unpaired) electrons. The quantitative estimate of drug-likeness (QED) is 0.495. The van der Waals surface area contributed by atoms with Crippen molar-refractivity contribution in [2.45, 2.75) is 45.6 Å². The van der Waals surface area contributed by atoms with E-state index in [2.05, 4.69) is 5.32 Å². The maximum Gasteiger partial charge on any atom is 0.264 e. The Kier molecular flexibility index (Phi) is 9.61. The number of sulfonamides is 1. The van der Waals surface area contributed by atoms with E-state index in [1.165, 1.54) is 30.7 Å². The molecular formula is C26H31Cl2N3O5S. The van der Waals surface area contributed by atoms with Gasteiger partial charge in [0.2, 0.25) is 15.9 Å². The number of nitrogens with zero attached hydrogens (tertiary/aromatic N) is 1. The number of likely N-dealkylation sites (tertiary alicyclic amines) is 1. The monoisotopic (exact) mass is 567 g/mol. The Morgan fingerprint density at radius 3 is 2.05 bits per heavy atom. The highest BCUT2D eigenvalue weighted by Crippen LogP contribution is 2.29. The first-order chi connectivity index (χ1) is 17.4. The second-order valence-electron chi connectivity index (χ2n) is 9.41. The minimum atomic E-state index is -3.79. The van der Waals surface area contributed by atoms with E-state index >= 15 is 0 Å². The van der Waals surface area contributed by atoms with Gasteiger partial charge >= 0.3 is 0 Å². The lowest BCUT2D eigenvalue weighted by molar-refractivity contribution is -0.135. The number of rotatable bonds is 8. The van der Waals surface area contributed by atoms with E-state index in [0.717, 1.165) is 12.8 Å². The molecule has 0 unspecified atom stereocenters. The summed E-state index contributed by atoms with van der Waals surface area (Å²) in [5.41, 5.74) is 1.16. The van der Waals surface area contributed by atoms with Crippen LogP contribution in [0.25, 0.3) is 0 Å². The summed E-state index contributed by atoms with van der Waals surface area (Å²) in [7, 11) is -3.79. The smallest absolute Gasteiger partial charge is 0.264 e. The van der Waals surface area contributed by atoms with Crippen LogP contribution in [0.2, 0.25) is 10.0 Å². The van der Waals surface area contributed by atoms with Crippen LogP contribution in [0.1, 0.15) is 65.8 Å². The molecule has 1 atom stereocenters. The predicted molar refractivity (Wildman–Crippen MR) is 144 cm³/mol. The summed E-state index contributed by atoms with van der Waals surface area (Å²) in [5, 5.41) is 3.55. The van der Waals surface area contributed by atoms with E-state index in [1.807, 2.05) is 42.8 Å². The number of carbonyl (C=O) groups excluding carboxylic acids is 3. The Hall–Kier alpha value is -2.62. The third-order valence-electron chi connectivity index (χ3n) is 6.42. The molecule has 2 aromatic rings. The maximum absolute atomic E-state index is 13.4. The van der Waals surface area contributed by atoms with Crippen LogP contribution >= 0.6 is 23.2 Å². The second-order valence-corrected chi connectivity index (χ2v) is 12.3. The molecule has 1 heterocycles. The largest absolute Gasteiger partial charge is 0.341 e. The minimum absolute atomic E-state index is 0.0476. The molecule has 2 N–H and O–H groups in total. The molecule has 1 saturated heterocycles. The lowest BCUT2D eigenvalue weighted by Crippen LogP contribution is -2.52. The van der Waals surface area contributed by atoms with Crippen molar-refractivity contribution in [2.75, 3.05) is 18.8 Å². The maximum atomic E-state index is 13.4. The number of piperidine rings is 1. The van der Waals surface area contributed by atoms with Crippen molar-refractivity contribution in [2.24, 2.45) is 5.92 Å². The van der Waals surface area contributed by atoms with Gasteiger partial charge in [-0.05, 0) is 67.5 Å². The summed E-state index contributed by atoms with van der Waals surface area (Å²) < 4.78 is 25.4. The van der Waals surface area contributed by atoms with E-state index in [-0.39, 0.29) is 33.7 Å². The lowest BCUT2D eigenvalue weighted by Gasteiger charge is -2.35. The molecule has 1 aliphatic heterocycles. The third kappa shape index (κ3) is 7.69. The fourth-order valence-electron chi connectivity index (χ4n) is 4.23. The van der Waals surface area contributed by atoms with Gasteiger partial charge in [0.25, 0.3) is 11.8 Å². The van der Waals surface area contributed by atoms with E-state index < -0.39 is 27.9 Å². The first kappa shape index (κ1) is 28.9. The molecule has 11 heteroatoms. The lowest BCUT2D eigenvalue weighted by atomic mass is 9.89. The normalized spacial score (nSPS) is 15.4. The van der Waals surface area contributed by atoms with Gasteiger partial charge in [-0.3, -0.25) is 14.4 Å². The molecule has 0 aromatic heterocycles. The SMILES string of the molecule is CCS(=O)(=O)NC(=O)c1cc(Cl)cc(C(=O)N[C@@H](C(=O)N2CCC(c3ccc(Cl)cc3)CC2)C(C)C)c1. The van der Waals surface area contributed by atoms with Crippen LogP contribution in [-0.2, 0) is 14.8 Å². The molecule has 0 bridgehead atoms. The summed E-state index contributed by atoms with van der Waals surface area (Å²) in [4.78, 5) is 40.6. The molecule has 0 saturated carbocycles. The van der Waals surface area contributed by atoms with Crippen LogP contribution in [0, 0.1) is 5.92 Å². The van der Waals surface area contributed by atoms with E-state index in [0.29, 0.717) is 24.0 Å². The van der Waals surface area contributed by atoms with Gasteiger partial charge in [0.05, 0.1) is 5.75 Å². The van der Waals surface area contributed by atoms with Crippen LogP contribution in [0.5, 0.6) is 0 Å². The minimum Gasteiger partial charge on any atom is -0.341 e. The Bertz CT molecular complexity index is 1260. The highest BCUT2D eigenvalue weighted by Gasteiger charge is 2.32. The molecule has 8 nitrogen and oxygen atoms in total. The summed E-state index contributed by atoms with van der Waals surface area (Å²) in [6.45, 7) is 6.22. The zero-order valence-electron chi connectivity index (χ0n) is 21.0. The molecule has 0 aliphatic carbocycles. The molecule has 3 amide bonds. The first-order valence-corrected chi connectivity index (χ1v) is 14.5. The van der Waals surface area contributed by atoms with Crippen LogP contribution in [0.15, 0.2) is 42.5 Å². The van der Waals surface area contributed by atoms with E-state index in [9.17, 15) is 22.8 Å². The number of hydrogen-bond acceptors (Lipinski definition) is 5. The van der Waals surface area contributed by atoms with E-state index in [4.69, 9.17) is 23.2 Å². The van der Waals surface area contributed by atoms with Crippen molar-refractivity contribution < 1.29 is 22.8 Å². The topological polar surface area (TPSA) is 113 Å². The van der Waals surface area contributed by atoms with Crippen molar-refractivity contribution in [1.82, 2.24) is 14.9 Å². The van der Waals surface area contributed by atoms with Crippen LogP contribution in [0.4, 0.5) is 0 Å². The molecule has 2 aromatic carbocycles. The molecule has 1 fully saturated rings. The number of carbonyl (C=O) groups is 3. The Morgan fingerprint density at radius 1 is 0.946 bits per heavy atom. The third-order valence-corrected chi connectivity index (χ3v) is 8.14. The molecule has 37 heavy (non-hydrogen) atoms. The molecule has 3 rings (SSSR count). The average Bonchev–Trinajstić information content (AvgIpc) is 2.86. The van der Waals surface area contributed by atoms with Gasteiger partial charge in [-0.25, -0.2) is 13.1 Å². The van der Waals surface area contributed by atoms with Crippen molar-refractivity contribution >= 4 is 50.9 Å². The van der Waals surface area contributed by atoms with Gasteiger partial charge in [0.15, 0.2) is 0 Å². The standard InChI is InChI=1S/C26H31Cl2N3O5S/c1-4-37(35,36)30-25(33)20-13-19(14-22(28)15-20)24(32)29-23(16(2)3)26(34)31-11-9-18(10-12-31)17-5-7-21(27)8-6-17/h5-8,13-16,18,23H,4,9-12H2,1-3H3,(H,29,32)(H,30,33)/t23-/m1/s1. The molecule has 0 spiro atoms. The summed E-state index contributed by atoms with van der Waals surface area (Å²) in [6, 6.07) is 10.9. The number of nitrogens with one attached hydrogen (secondary N) is 2. The predicted octanol–water partition coefficient (Wildman–Crippen LogP) is 4.23. The van der Waals surface area contributed by atoms with Crippen molar-refractivity contribution in [1.29, 1.82) is 0 Å². The Morgan fingerprint density at radius 2 is 1.51 bits per heavy atom. The molecular weight excluding hydrogens is 537 g/mol. The fraction of sp³-hybridized carbons (Fsp3) is 0.423. The summed E-state index contributed by atoms with van der Waals surface area (Å²) >= 11 is 12.1. The number of hydrogen-bond donors (Lipinski definition) is 2. The van der Waals surface area contributed by atoms with Crippen molar-refractivity contribution in [3.8, 4) is 0 Å². The zero-order chi connectivity index (χ0) is 27.3. The van der Waals surface area contributed by atoms with Gasteiger partial charge in [0, 0.05) is 34.3 Å². The van der Waals surface area contributed by atoms with Crippen molar-refractivity contribution in [3.05, 3.63) is 69.2 Å². The number of amides is 3. The van der Waals surface area contributed by atoms with Crippen molar-refractivity contribution in [3.63, 3.8) is 0 Å². The molecule has 200 valence electrons. The fourth-order valence-corrected chi connectivity index (χ4v) is 5.13. The summed E-state index contributed by atoms with van der Waals surface area (Å²) in [6.07, 6.45) is 1.61. The highest BCUT2D eigenvalue weighted by molar-refractivity contribution is 7.90. The van der Waals surface area contributed by atoms with E-state index in [1.54, 1.807) is 4.90 Å². The van der Waals surface area contributed by atoms with Gasteiger partial charge in [-0.1, -0.05) is 49.2 Å². The zero-order valence-corrected chi connectivity index (χ0v) is 23.3.